The topological polar surface area (TPSA) is 42.4 Å². The maximum absolute atomic E-state index is 10.1. The van der Waals surface area contributed by atoms with Crippen LogP contribution in [0.25, 0.3) is 0 Å². The SMILES string of the molecule is COc1cncc(C(O)c2csc(Br)c2)c1. The molecule has 0 aromatic carbocycles. The van der Waals surface area contributed by atoms with E-state index in [4.69, 9.17) is 4.74 Å². The molecule has 0 aliphatic rings. The standard InChI is InChI=1S/C11H10BrNO2S/c1-15-9-2-7(4-13-5-9)11(14)8-3-10(12)16-6-8/h2-6,11,14H,1H3. The normalized spacial score (nSPS) is 12.4. The molecule has 0 aliphatic heterocycles. The average molecular weight is 300 g/mol. The second-order valence-electron chi connectivity index (χ2n) is 3.24. The van der Waals surface area contributed by atoms with E-state index in [1.54, 1.807) is 36.9 Å². The van der Waals surface area contributed by atoms with Crippen molar-refractivity contribution in [3.8, 4) is 5.75 Å². The zero-order valence-electron chi connectivity index (χ0n) is 8.55. The maximum atomic E-state index is 10.1. The van der Waals surface area contributed by atoms with E-state index in [-0.39, 0.29) is 0 Å². The Morgan fingerprint density at radius 2 is 2.19 bits per heavy atom. The molecule has 5 heteroatoms. The van der Waals surface area contributed by atoms with Gasteiger partial charge in [-0.25, -0.2) is 0 Å². The zero-order valence-corrected chi connectivity index (χ0v) is 11.0. The van der Waals surface area contributed by atoms with Crippen molar-refractivity contribution in [2.45, 2.75) is 6.10 Å². The fourth-order valence-electron chi connectivity index (χ4n) is 1.36. The van der Waals surface area contributed by atoms with Crippen molar-refractivity contribution in [3.05, 3.63) is 44.8 Å². The molecule has 2 rings (SSSR count). The van der Waals surface area contributed by atoms with E-state index in [0.717, 1.165) is 14.9 Å². The Kier molecular flexibility index (Phi) is 3.58. The van der Waals surface area contributed by atoms with Crippen molar-refractivity contribution in [2.24, 2.45) is 0 Å². The van der Waals surface area contributed by atoms with Crippen molar-refractivity contribution >= 4 is 27.3 Å². The van der Waals surface area contributed by atoms with Gasteiger partial charge in [0.25, 0.3) is 0 Å². The predicted octanol–water partition coefficient (Wildman–Crippen LogP) is 3.00. The van der Waals surface area contributed by atoms with E-state index in [9.17, 15) is 5.11 Å². The number of nitrogens with zero attached hydrogens (tertiary/aromatic N) is 1. The Morgan fingerprint density at radius 1 is 1.38 bits per heavy atom. The van der Waals surface area contributed by atoms with Crippen LogP contribution in [0.15, 0.2) is 33.7 Å². The van der Waals surface area contributed by atoms with Gasteiger partial charge in [0.2, 0.25) is 0 Å². The minimum Gasteiger partial charge on any atom is -0.495 e. The van der Waals surface area contributed by atoms with Crippen molar-refractivity contribution in [3.63, 3.8) is 0 Å². The van der Waals surface area contributed by atoms with Crippen molar-refractivity contribution in [1.82, 2.24) is 4.98 Å². The van der Waals surface area contributed by atoms with Gasteiger partial charge in [0.1, 0.15) is 11.9 Å². The molecule has 0 spiro atoms. The number of methoxy groups -OCH3 is 1. The molecule has 2 aromatic heterocycles. The lowest BCUT2D eigenvalue weighted by atomic mass is 10.1. The first-order valence-electron chi connectivity index (χ1n) is 4.61. The van der Waals surface area contributed by atoms with Crippen LogP contribution in [-0.2, 0) is 0 Å². The molecular weight excluding hydrogens is 290 g/mol. The quantitative estimate of drug-likeness (QED) is 0.947. The lowest BCUT2D eigenvalue weighted by molar-refractivity contribution is 0.219. The minimum absolute atomic E-state index is 0.644. The molecule has 0 amide bonds. The molecule has 0 bridgehead atoms. The summed E-state index contributed by atoms with van der Waals surface area (Å²) in [5, 5.41) is 12.0. The maximum Gasteiger partial charge on any atom is 0.137 e. The van der Waals surface area contributed by atoms with Crippen LogP contribution >= 0.6 is 27.3 Å². The van der Waals surface area contributed by atoms with Crippen LogP contribution in [0.4, 0.5) is 0 Å². The predicted molar refractivity (Wildman–Crippen MR) is 66.9 cm³/mol. The van der Waals surface area contributed by atoms with Crippen LogP contribution in [0.2, 0.25) is 0 Å². The summed E-state index contributed by atoms with van der Waals surface area (Å²) in [6.07, 6.45) is 2.59. The Hall–Kier alpha value is -0.910. The number of hydrogen-bond acceptors (Lipinski definition) is 4. The molecule has 0 saturated heterocycles. The second-order valence-corrected chi connectivity index (χ2v) is 5.54. The Bertz CT molecular complexity index is 486. The fraction of sp³-hybridized carbons (Fsp3) is 0.182. The van der Waals surface area contributed by atoms with Crippen LogP contribution in [0, 0.1) is 0 Å². The van der Waals surface area contributed by atoms with Crippen LogP contribution < -0.4 is 4.74 Å². The van der Waals surface area contributed by atoms with Crippen molar-refractivity contribution in [1.29, 1.82) is 0 Å². The number of pyridine rings is 1. The van der Waals surface area contributed by atoms with Gasteiger partial charge >= 0.3 is 0 Å². The van der Waals surface area contributed by atoms with Gasteiger partial charge in [-0.05, 0) is 39.0 Å². The number of aromatic nitrogens is 1. The zero-order chi connectivity index (χ0) is 11.5. The van der Waals surface area contributed by atoms with E-state index in [1.807, 2.05) is 11.4 Å². The molecule has 1 atom stereocenters. The number of aliphatic hydroxyl groups is 1. The largest absolute Gasteiger partial charge is 0.495 e. The molecule has 84 valence electrons. The van der Waals surface area contributed by atoms with Gasteiger partial charge in [-0.3, -0.25) is 4.98 Å². The Balaban J connectivity index is 2.29. The first-order valence-corrected chi connectivity index (χ1v) is 6.29. The molecule has 0 fully saturated rings. The minimum atomic E-state index is -0.662. The summed E-state index contributed by atoms with van der Waals surface area (Å²) < 4.78 is 6.06. The monoisotopic (exact) mass is 299 g/mol. The van der Waals surface area contributed by atoms with Crippen molar-refractivity contribution < 1.29 is 9.84 Å². The Labute approximate surface area is 106 Å². The first kappa shape index (κ1) is 11.6. The van der Waals surface area contributed by atoms with Gasteiger partial charge in [-0.15, -0.1) is 11.3 Å². The van der Waals surface area contributed by atoms with Gasteiger partial charge in [-0.1, -0.05) is 0 Å². The lowest BCUT2D eigenvalue weighted by Gasteiger charge is -2.09. The fourth-order valence-corrected chi connectivity index (χ4v) is 2.55. The number of hydrogen-bond donors (Lipinski definition) is 1. The van der Waals surface area contributed by atoms with E-state index in [0.29, 0.717) is 5.75 Å². The molecule has 0 aliphatic carbocycles. The van der Waals surface area contributed by atoms with E-state index in [2.05, 4.69) is 20.9 Å². The highest BCUT2D eigenvalue weighted by molar-refractivity contribution is 9.11. The summed E-state index contributed by atoms with van der Waals surface area (Å²) in [6, 6.07) is 3.68. The van der Waals surface area contributed by atoms with Crippen LogP contribution in [0.1, 0.15) is 17.2 Å². The summed E-state index contributed by atoms with van der Waals surface area (Å²) in [5.41, 5.74) is 1.58. The van der Waals surface area contributed by atoms with Gasteiger partial charge in [-0.2, -0.15) is 0 Å². The average Bonchev–Trinajstić information content (AvgIpc) is 2.75. The number of aliphatic hydroxyl groups excluding tert-OH is 1. The van der Waals surface area contributed by atoms with Crippen LogP contribution in [0.3, 0.4) is 0 Å². The number of ether oxygens (including phenoxy) is 1. The summed E-state index contributed by atoms with van der Waals surface area (Å²) in [5.74, 6) is 0.644. The van der Waals surface area contributed by atoms with Gasteiger partial charge < -0.3 is 9.84 Å². The van der Waals surface area contributed by atoms with Gasteiger partial charge in [0.05, 0.1) is 17.1 Å². The van der Waals surface area contributed by atoms with Gasteiger partial charge in [0.15, 0.2) is 0 Å². The van der Waals surface area contributed by atoms with E-state index < -0.39 is 6.10 Å². The first-order chi connectivity index (χ1) is 7.70. The molecule has 3 nitrogen and oxygen atoms in total. The highest BCUT2D eigenvalue weighted by atomic mass is 79.9. The molecule has 0 saturated carbocycles. The van der Waals surface area contributed by atoms with Crippen LogP contribution in [0.5, 0.6) is 5.75 Å². The molecule has 16 heavy (non-hydrogen) atoms. The Morgan fingerprint density at radius 3 is 2.81 bits per heavy atom. The number of halogens is 1. The molecule has 2 aromatic rings. The molecule has 0 radical (unpaired) electrons. The molecule has 2 heterocycles. The number of rotatable bonds is 3. The summed E-state index contributed by atoms with van der Waals surface area (Å²) in [7, 11) is 1.58. The summed E-state index contributed by atoms with van der Waals surface area (Å²) >= 11 is 4.91. The molecule has 1 unspecified atom stereocenters. The highest BCUT2D eigenvalue weighted by Crippen LogP contribution is 2.29. The lowest BCUT2D eigenvalue weighted by Crippen LogP contribution is -1.99. The third-order valence-electron chi connectivity index (χ3n) is 2.19. The summed E-state index contributed by atoms with van der Waals surface area (Å²) in [6.45, 7) is 0. The van der Waals surface area contributed by atoms with Gasteiger partial charge in [0, 0.05) is 11.8 Å². The molecule has 1 N–H and O–H groups in total. The molecular formula is C11H10BrNO2S. The van der Waals surface area contributed by atoms with Crippen LogP contribution in [-0.4, -0.2) is 17.2 Å². The number of thiophene rings is 1. The van der Waals surface area contributed by atoms with E-state index in [1.165, 1.54) is 0 Å². The second kappa shape index (κ2) is 4.95. The third kappa shape index (κ3) is 2.42. The third-order valence-corrected chi connectivity index (χ3v) is 3.71. The van der Waals surface area contributed by atoms with Crippen molar-refractivity contribution in [2.75, 3.05) is 7.11 Å². The van der Waals surface area contributed by atoms with E-state index >= 15 is 0 Å². The highest BCUT2D eigenvalue weighted by Gasteiger charge is 2.13. The smallest absolute Gasteiger partial charge is 0.137 e. The summed E-state index contributed by atoms with van der Waals surface area (Å²) in [4.78, 5) is 4.02.